The predicted octanol–water partition coefficient (Wildman–Crippen LogP) is 14.2. The standard InChI is InChI=1S/C48H30S/c1-2-13-34-30-35(29-26-31(34)12-1)32-24-27-33(28-25-32)46-39-16-5-7-18-41(39)47(42-19-8-6-17-40(42)46)37-15-4-3-14-36(37)38-21-11-23-45-48(38)43-20-9-10-22-44(43)49-45/h1-30H/i1D,10D. The maximum atomic E-state index is 8.23. The van der Waals surface area contributed by atoms with Crippen LogP contribution in [0.2, 0.25) is 0 Å². The fraction of sp³-hybridized carbons (Fsp3) is 0. The van der Waals surface area contributed by atoms with Crippen molar-refractivity contribution in [1.29, 1.82) is 0 Å². The molecule has 0 N–H and O–H groups in total. The highest BCUT2D eigenvalue weighted by Crippen LogP contribution is 2.48. The van der Waals surface area contributed by atoms with Gasteiger partial charge in [-0.05, 0) is 95.0 Å². The Morgan fingerprint density at radius 1 is 0.347 bits per heavy atom. The molecule has 49 heavy (non-hydrogen) atoms. The molecule has 1 heteroatoms. The Kier molecular flexibility index (Phi) is 6.00. The van der Waals surface area contributed by atoms with Gasteiger partial charge in [-0.2, -0.15) is 0 Å². The summed E-state index contributed by atoms with van der Waals surface area (Å²) in [5.41, 5.74) is 9.65. The van der Waals surface area contributed by atoms with Crippen LogP contribution in [-0.4, -0.2) is 0 Å². The molecule has 10 aromatic rings. The van der Waals surface area contributed by atoms with Crippen molar-refractivity contribution in [2.75, 3.05) is 0 Å². The van der Waals surface area contributed by atoms with Crippen molar-refractivity contribution < 1.29 is 2.74 Å². The summed E-state index contributed by atoms with van der Waals surface area (Å²) in [4.78, 5) is 0. The van der Waals surface area contributed by atoms with Crippen molar-refractivity contribution in [1.82, 2.24) is 0 Å². The molecule has 0 atom stereocenters. The summed E-state index contributed by atoms with van der Waals surface area (Å²) in [5, 5.41) is 9.61. The summed E-state index contributed by atoms with van der Waals surface area (Å²) in [7, 11) is 0. The predicted molar refractivity (Wildman–Crippen MR) is 214 cm³/mol. The molecule has 0 saturated heterocycles. The van der Waals surface area contributed by atoms with Crippen LogP contribution in [0.4, 0.5) is 0 Å². The first-order valence-electron chi connectivity index (χ1n) is 17.7. The molecule has 228 valence electrons. The number of hydrogen-bond donors (Lipinski definition) is 0. The summed E-state index contributed by atoms with van der Waals surface area (Å²) in [5.74, 6) is 0. The molecule has 0 aliphatic carbocycles. The fourth-order valence-corrected chi connectivity index (χ4v) is 8.86. The van der Waals surface area contributed by atoms with E-state index in [1.54, 1.807) is 11.3 Å². The summed E-state index contributed by atoms with van der Waals surface area (Å²) in [6, 6.07) is 61.5. The third kappa shape index (κ3) is 4.51. The molecule has 0 aliphatic rings. The second kappa shape index (κ2) is 11.3. The van der Waals surface area contributed by atoms with Crippen LogP contribution < -0.4 is 0 Å². The number of rotatable bonds is 4. The van der Waals surface area contributed by atoms with E-state index in [2.05, 4.69) is 140 Å². The first-order valence-corrected chi connectivity index (χ1v) is 17.5. The van der Waals surface area contributed by atoms with E-state index in [1.165, 1.54) is 81.5 Å². The Hall–Kier alpha value is -6.02. The monoisotopic (exact) mass is 640 g/mol. The summed E-state index contributed by atoms with van der Waals surface area (Å²) < 4.78 is 18.6. The van der Waals surface area contributed by atoms with Crippen LogP contribution in [0.15, 0.2) is 182 Å². The first kappa shape index (κ1) is 26.0. The molecule has 1 aromatic heterocycles. The van der Waals surface area contributed by atoms with Gasteiger partial charge in [0.2, 0.25) is 0 Å². The lowest BCUT2D eigenvalue weighted by Crippen LogP contribution is -1.93. The number of thiophene rings is 1. The lowest BCUT2D eigenvalue weighted by Gasteiger charge is -2.20. The van der Waals surface area contributed by atoms with E-state index in [1.807, 2.05) is 30.3 Å². The van der Waals surface area contributed by atoms with Crippen molar-refractivity contribution in [3.8, 4) is 44.5 Å². The fourth-order valence-electron chi connectivity index (χ4n) is 7.74. The molecule has 0 radical (unpaired) electrons. The number of hydrogen-bond acceptors (Lipinski definition) is 1. The normalized spacial score (nSPS) is 12.2. The Morgan fingerprint density at radius 3 is 1.71 bits per heavy atom. The van der Waals surface area contributed by atoms with Gasteiger partial charge in [0.15, 0.2) is 0 Å². The van der Waals surface area contributed by atoms with E-state index < -0.39 is 0 Å². The average Bonchev–Trinajstić information content (AvgIpc) is 3.55. The third-order valence-electron chi connectivity index (χ3n) is 9.95. The van der Waals surface area contributed by atoms with Gasteiger partial charge < -0.3 is 0 Å². The summed E-state index contributed by atoms with van der Waals surface area (Å²) >= 11 is 1.76. The van der Waals surface area contributed by atoms with Gasteiger partial charge in [0.25, 0.3) is 0 Å². The molecule has 0 bridgehead atoms. The minimum Gasteiger partial charge on any atom is -0.135 e. The smallest absolute Gasteiger partial charge is 0.0623 e. The van der Waals surface area contributed by atoms with Gasteiger partial charge in [-0.3, -0.25) is 0 Å². The maximum Gasteiger partial charge on any atom is 0.0623 e. The molecular weight excluding hydrogens is 609 g/mol. The number of benzene rings is 9. The molecule has 9 aromatic carbocycles. The Balaban J connectivity index is 1.18. The molecule has 0 nitrogen and oxygen atoms in total. The SMILES string of the molecule is [2H]c1ccc2cc(-c3ccc(-c4c5ccccc5c(-c5ccccc5-c5cccc6sc7cc([2H])ccc7c56)c5ccccc45)cc3)ccc2c1. The van der Waals surface area contributed by atoms with E-state index >= 15 is 0 Å². The second-order valence-electron chi connectivity index (χ2n) is 12.7. The van der Waals surface area contributed by atoms with E-state index in [9.17, 15) is 0 Å². The molecule has 10 rings (SSSR count). The van der Waals surface area contributed by atoms with E-state index in [-0.39, 0.29) is 0 Å². The minimum absolute atomic E-state index is 0.533. The van der Waals surface area contributed by atoms with Crippen molar-refractivity contribution in [3.63, 3.8) is 0 Å². The third-order valence-corrected chi connectivity index (χ3v) is 11.1. The van der Waals surface area contributed by atoms with Gasteiger partial charge in [-0.15, -0.1) is 11.3 Å². The van der Waals surface area contributed by atoms with Gasteiger partial charge in [0.1, 0.15) is 0 Å². The molecule has 0 unspecified atom stereocenters. The molecular formula is C48H30S. The molecule has 0 saturated carbocycles. The van der Waals surface area contributed by atoms with Crippen LogP contribution in [0.5, 0.6) is 0 Å². The first-order chi connectivity index (χ1) is 25.1. The van der Waals surface area contributed by atoms with Crippen LogP contribution in [0.1, 0.15) is 2.74 Å². The lowest BCUT2D eigenvalue weighted by molar-refractivity contribution is 1.62. The highest BCUT2D eigenvalue weighted by atomic mass is 32.1. The van der Waals surface area contributed by atoms with Crippen molar-refractivity contribution in [2.24, 2.45) is 0 Å². The molecule has 0 fully saturated rings. The van der Waals surface area contributed by atoms with E-state index in [4.69, 9.17) is 2.74 Å². The van der Waals surface area contributed by atoms with Gasteiger partial charge in [-0.25, -0.2) is 0 Å². The molecule has 0 amide bonds. The van der Waals surface area contributed by atoms with E-state index in [0.717, 1.165) is 15.5 Å². The highest BCUT2D eigenvalue weighted by Gasteiger charge is 2.20. The van der Waals surface area contributed by atoms with Gasteiger partial charge in [0.05, 0.1) is 2.74 Å². The van der Waals surface area contributed by atoms with Crippen molar-refractivity contribution in [3.05, 3.63) is 182 Å². The molecule has 0 aliphatic heterocycles. The van der Waals surface area contributed by atoms with Gasteiger partial charge in [0, 0.05) is 20.2 Å². The zero-order valence-corrected chi connectivity index (χ0v) is 27.4. The molecule has 0 spiro atoms. The maximum absolute atomic E-state index is 8.23. The topological polar surface area (TPSA) is 0 Å². The quantitative estimate of drug-likeness (QED) is 0.168. The zero-order valence-electron chi connectivity index (χ0n) is 28.6. The minimum atomic E-state index is 0.533. The highest BCUT2D eigenvalue weighted by molar-refractivity contribution is 7.25. The Labute approximate surface area is 292 Å². The Morgan fingerprint density at radius 2 is 0.939 bits per heavy atom. The summed E-state index contributed by atoms with van der Waals surface area (Å²) in [6.07, 6.45) is 0. The van der Waals surface area contributed by atoms with Crippen LogP contribution in [0, 0.1) is 0 Å². The second-order valence-corrected chi connectivity index (χ2v) is 13.7. The van der Waals surface area contributed by atoms with Crippen LogP contribution in [0.3, 0.4) is 0 Å². The summed E-state index contributed by atoms with van der Waals surface area (Å²) in [6.45, 7) is 0. The number of fused-ring (bicyclic) bond motifs is 6. The van der Waals surface area contributed by atoms with Gasteiger partial charge >= 0.3 is 0 Å². The zero-order chi connectivity index (χ0) is 34.1. The van der Waals surface area contributed by atoms with Crippen molar-refractivity contribution >= 4 is 63.8 Å². The van der Waals surface area contributed by atoms with Crippen molar-refractivity contribution in [2.45, 2.75) is 0 Å². The lowest BCUT2D eigenvalue weighted by atomic mass is 9.83. The van der Waals surface area contributed by atoms with Crippen LogP contribution in [0.25, 0.3) is 97.0 Å². The molecule has 1 heterocycles. The van der Waals surface area contributed by atoms with Crippen LogP contribution >= 0.6 is 11.3 Å². The van der Waals surface area contributed by atoms with Gasteiger partial charge in [-0.1, -0.05) is 164 Å². The Bertz CT molecular complexity index is 2930. The van der Waals surface area contributed by atoms with Crippen LogP contribution in [-0.2, 0) is 0 Å². The average molecular weight is 641 g/mol. The largest absolute Gasteiger partial charge is 0.135 e. The van der Waals surface area contributed by atoms with E-state index in [0.29, 0.717) is 12.1 Å².